The van der Waals surface area contributed by atoms with Crippen molar-refractivity contribution in [2.45, 2.75) is 17.8 Å². The highest BCUT2D eigenvalue weighted by Gasteiger charge is 2.40. The largest absolute Gasteiger partial charge is 0.363 e. The summed E-state index contributed by atoms with van der Waals surface area (Å²) in [5.74, 6) is 1.27. The Hall–Kier alpha value is -0.520. The minimum atomic E-state index is 0.0193. The van der Waals surface area contributed by atoms with E-state index in [2.05, 4.69) is 0 Å². The molecule has 0 saturated carbocycles. The van der Waals surface area contributed by atoms with Gasteiger partial charge in [-0.15, -0.1) is 11.8 Å². The first-order valence-corrected chi connectivity index (χ1v) is 7.81. The molecule has 17 heavy (non-hydrogen) atoms. The highest BCUT2D eigenvalue weighted by Crippen LogP contribution is 2.41. The van der Waals surface area contributed by atoms with Crippen molar-refractivity contribution in [2.24, 2.45) is 0 Å². The van der Waals surface area contributed by atoms with Crippen LogP contribution in [-0.2, 0) is 4.74 Å². The molecule has 3 rings (SSSR count). The highest BCUT2D eigenvalue weighted by atomic mass is 32.2. The van der Waals surface area contributed by atoms with Crippen LogP contribution in [0.3, 0.4) is 0 Å². The van der Waals surface area contributed by atoms with Gasteiger partial charge < -0.3 is 9.64 Å². The molecule has 2 saturated heterocycles. The molecule has 1 spiro atoms. The molecule has 1 aromatic heterocycles. The van der Waals surface area contributed by atoms with Crippen molar-refractivity contribution in [1.82, 2.24) is 4.90 Å². The van der Waals surface area contributed by atoms with E-state index in [1.54, 1.807) is 11.3 Å². The van der Waals surface area contributed by atoms with E-state index in [1.807, 2.05) is 33.5 Å². The molecule has 0 atom stereocenters. The standard InChI is InChI=1S/C12H15NO2S2/c14-11(10-1-7-16-9-10)13-4-2-12(3-5-13)15-6-8-17-12/h1,7,9H,2-6,8H2. The van der Waals surface area contributed by atoms with E-state index in [4.69, 9.17) is 4.74 Å². The summed E-state index contributed by atoms with van der Waals surface area (Å²) >= 11 is 3.49. The van der Waals surface area contributed by atoms with Crippen LogP contribution in [-0.4, -0.2) is 41.2 Å². The van der Waals surface area contributed by atoms with Crippen molar-refractivity contribution in [2.75, 3.05) is 25.4 Å². The number of thiophene rings is 1. The molecule has 92 valence electrons. The lowest BCUT2D eigenvalue weighted by Crippen LogP contribution is -2.44. The fourth-order valence-electron chi connectivity index (χ4n) is 2.40. The maximum atomic E-state index is 12.1. The summed E-state index contributed by atoms with van der Waals surface area (Å²) in [5.41, 5.74) is 0.825. The molecule has 3 heterocycles. The van der Waals surface area contributed by atoms with Gasteiger partial charge in [0.25, 0.3) is 5.91 Å². The number of nitrogens with zero attached hydrogens (tertiary/aromatic N) is 1. The Bertz CT molecular complexity index is 389. The van der Waals surface area contributed by atoms with Gasteiger partial charge in [-0.25, -0.2) is 0 Å². The second-order valence-electron chi connectivity index (χ2n) is 4.41. The molecule has 0 aliphatic carbocycles. The predicted octanol–water partition coefficient (Wildman–Crippen LogP) is 2.44. The van der Waals surface area contributed by atoms with Gasteiger partial charge >= 0.3 is 0 Å². The molecular weight excluding hydrogens is 254 g/mol. The summed E-state index contributed by atoms with van der Waals surface area (Å²) in [6.07, 6.45) is 1.93. The zero-order valence-corrected chi connectivity index (χ0v) is 11.2. The molecule has 0 aromatic carbocycles. The SMILES string of the molecule is O=C(c1ccsc1)N1CCC2(CC1)OCCS2. The van der Waals surface area contributed by atoms with E-state index in [-0.39, 0.29) is 10.8 Å². The van der Waals surface area contributed by atoms with Crippen molar-refractivity contribution < 1.29 is 9.53 Å². The fourth-order valence-corrected chi connectivity index (χ4v) is 4.21. The topological polar surface area (TPSA) is 29.5 Å². The van der Waals surface area contributed by atoms with Gasteiger partial charge in [0.2, 0.25) is 0 Å². The van der Waals surface area contributed by atoms with Crippen LogP contribution in [0.4, 0.5) is 0 Å². The lowest BCUT2D eigenvalue weighted by atomic mass is 10.1. The van der Waals surface area contributed by atoms with Gasteiger partial charge in [-0.2, -0.15) is 11.3 Å². The lowest BCUT2D eigenvalue weighted by Gasteiger charge is -2.37. The van der Waals surface area contributed by atoms with Gasteiger partial charge in [0, 0.05) is 37.1 Å². The van der Waals surface area contributed by atoms with Crippen LogP contribution in [0.15, 0.2) is 16.8 Å². The van der Waals surface area contributed by atoms with Crippen molar-refractivity contribution in [3.63, 3.8) is 0 Å². The molecule has 2 aliphatic rings. The quantitative estimate of drug-likeness (QED) is 0.784. The minimum Gasteiger partial charge on any atom is -0.363 e. The first kappa shape index (κ1) is 11.6. The first-order valence-electron chi connectivity index (χ1n) is 5.88. The van der Waals surface area contributed by atoms with E-state index >= 15 is 0 Å². The number of rotatable bonds is 1. The zero-order valence-electron chi connectivity index (χ0n) is 9.55. The summed E-state index contributed by atoms with van der Waals surface area (Å²) in [5, 5.41) is 3.88. The molecule has 1 amide bonds. The fraction of sp³-hybridized carbons (Fsp3) is 0.583. The smallest absolute Gasteiger partial charge is 0.254 e. The molecule has 1 aromatic rings. The van der Waals surface area contributed by atoms with Crippen molar-refractivity contribution in [3.05, 3.63) is 22.4 Å². The Balaban J connectivity index is 1.63. The molecule has 0 radical (unpaired) electrons. The molecule has 0 N–H and O–H groups in total. The van der Waals surface area contributed by atoms with Gasteiger partial charge in [-0.3, -0.25) is 4.79 Å². The average molecular weight is 269 g/mol. The number of piperidine rings is 1. The number of hydrogen-bond donors (Lipinski definition) is 0. The van der Waals surface area contributed by atoms with Crippen LogP contribution < -0.4 is 0 Å². The summed E-state index contributed by atoms with van der Waals surface area (Å²) in [4.78, 5) is 14.1. The Labute approximate surface area is 109 Å². The molecule has 2 fully saturated rings. The Kier molecular flexibility index (Phi) is 3.15. The Morgan fingerprint density at radius 2 is 2.24 bits per heavy atom. The summed E-state index contributed by atoms with van der Waals surface area (Å²) in [6.45, 7) is 2.51. The summed E-state index contributed by atoms with van der Waals surface area (Å²) in [7, 11) is 0. The van der Waals surface area contributed by atoms with E-state index in [0.717, 1.165) is 43.9 Å². The van der Waals surface area contributed by atoms with Gasteiger partial charge in [0.15, 0.2) is 0 Å². The lowest BCUT2D eigenvalue weighted by molar-refractivity contribution is 0.00354. The maximum absolute atomic E-state index is 12.1. The third kappa shape index (κ3) is 2.23. The molecule has 0 bridgehead atoms. The number of thioether (sulfide) groups is 1. The molecule has 5 heteroatoms. The van der Waals surface area contributed by atoms with E-state index in [0.29, 0.717) is 0 Å². The average Bonchev–Trinajstić information content (AvgIpc) is 3.01. The van der Waals surface area contributed by atoms with Gasteiger partial charge in [-0.1, -0.05) is 0 Å². The minimum absolute atomic E-state index is 0.0193. The number of likely N-dealkylation sites (tertiary alicyclic amines) is 1. The maximum Gasteiger partial charge on any atom is 0.254 e. The molecular formula is C12H15NO2S2. The highest BCUT2D eigenvalue weighted by molar-refractivity contribution is 8.00. The van der Waals surface area contributed by atoms with Gasteiger partial charge in [0.1, 0.15) is 4.93 Å². The van der Waals surface area contributed by atoms with Crippen LogP contribution in [0.5, 0.6) is 0 Å². The van der Waals surface area contributed by atoms with Gasteiger partial charge in [0.05, 0.1) is 12.2 Å². The van der Waals surface area contributed by atoms with E-state index < -0.39 is 0 Å². The monoisotopic (exact) mass is 269 g/mol. The van der Waals surface area contributed by atoms with Crippen molar-refractivity contribution >= 4 is 29.0 Å². The van der Waals surface area contributed by atoms with Crippen LogP contribution in [0, 0.1) is 0 Å². The molecule has 0 unspecified atom stereocenters. The van der Waals surface area contributed by atoms with Crippen molar-refractivity contribution in [3.8, 4) is 0 Å². The van der Waals surface area contributed by atoms with Crippen LogP contribution >= 0.6 is 23.1 Å². The second kappa shape index (κ2) is 4.63. The Morgan fingerprint density at radius 3 is 2.82 bits per heavy atom. The number of carbonyl (C=O) groups is 1. The number of carbonyl (C=O) groups excluding carboxylic acids is 1. The first-order chi connectivity index (χ1) is 8.29. The van der Waals surface area contributed by atoms with Crippen molar-refractivity contribution in [1.29, 1.82) is 0 Å². The van der Waals surface area contributed by atoms with E-state index in [9.17, 15) is 4.79 Å². The Morgan fingerprint density at radius 1 is 1.41 bits per heavy atom. The summed E-state index contributed by atoms with van der Waals surface area (Å²) in [6, 6.07) is 1.90. The third-order valence-corrected chi connectivity index (χ3v) is 5.50. The van der Waals surface area contributed by atoms with Crippen LogP contribution in [0.1, 0.15) is 23.2 Å². The van der Waals surface area contributed by atoms with Crippen LogP contribution in [0.2, 0.25) is 0 Å². The number of ether oxygens (including phenoxy) is 1. The summed E-state index contributed by atoms with van der Waals surface area (Å²) < 4.78 is 5.83. The normalized spacial score (nSPS) is 23.2. The third-order valence-electron chi connectivity index (χ3n) is 3.39. The number of amides is 1. The molecule has 3 nitrogen and oxygen atoms in total. The van der Waals surface area contributed by atoms with Crippen LogP contribution in [0.25, 0.3) is 0 Å². The zero-order chi connectivity index (χ0) is 11.7. The second-order valence-corrected chi connectivity index (χ2v) is 6.63. The van der Waals surface area contributed by atoms with Gasteiger partial charge in [-0.05, 0) is 11.4 Å². The van der Waals surface area contributed by atoms with E-state index in [1.165, 1.54) is 0 Å². The number of hydrogen-bond acceptors (Lipinski definition) is 4. The predicted molar refractivity (Wildman–Crippen MR) is 70.6 cm³/mol. The molecule has 2 aliphatic heterocycles.